The van der Waals surface area contributed by atoms with Crippen LogP contribution in [0.3, 0.4) is 0 Å². The first-order valence-electron chi connectivity index (χ1n) is 7.36. The molecule has 0 heterocycles. The van der Waals surface area contributed by atoms with E-state index < -0.39 is 0 Å². The van der Waals surface area contributed by atoms with Gasteiger partial charge in [-0.05, 0) is 28.8 Å². The summed E-state index contributed by atoms with van der Waals surface area (Å²) in [6.45, 7) is 0. The molecule has 1 heteroatoms. The molecule has 22 heavy (non-hydrogen) atoms. The molecule has 3 aromatic carbocycles. The van der Waals surface area contributed by atoms with Gasteiger partial charge >= 0.3 is 0 Å². The van der Waals surface area contributed by atoms with Crippen molar-refractivity contribution in [3.05, 3.63) is 113 Å². The molecule has 0 nitrogen and oxygen atoms in total. The highest BCUT2D eigenvalue weighted by atomic mass is 35.5. The predicted octanol–water partition coefficient (Wildman–Crippen LogP) is 6.19. The maximum absolute atomic E-state index is 6.02. The zero-order valence-electron chi connectivity index (χ0n) is 12.2. The first-order chi connectivity index (χ1) is 10.8. The van der Waals surface area contributed by atoms with Crippen molar-refractivity contribution >= 4 is 17.7 Å². The lowest BCUT2D eigenvalue weighted by atomic mass is 9.90. The van der Waals surface area contributed by atoms with Gasteiger partial charge in [0, 0.05) is 10.9 Å². The summed E-state index contributed by atoms with van der Waals surface area (Å²) in [6.07, 6.45) is 4.42. The van der Waals surface area contributed by atoms with Gasteiger partial charge < -0.3 is 0 Å². The zero-order chi connectivity index (χ0) is 15.2. The van der Waals surface area contributed by atoms with Crippen LogP contribution < -0.4 is 0 Å². The Morgan fingerprint density at radius 2 is 1.18 bits per heavy atom. The third-order valence-corrected chi connectivity index (χ3v) is 3.92. The van der Waals surface area contributed by atoms with E-state index in [0.717, 1.165) is 5.02 Å². The van der Waals surface area contributed by atoms with Gasteiger partial charge in [0.2, 0.25) is 0 Å². The number of rotatable bonds is 4. The van der Waals surface area contributed by atoms with Crippen molar-refractivity contribution in [3.63, 3.8) is 0 Å². The van der Waals surface area contributed by atoms with E-state index in [-0.39, 0.29) is 5.92 Å². The molecule has 0 fully saturated rings. The smallest absolute Gasteiger partial charge is 0.0406 e. The standard InChI is InChI=1S/C21H17Cl/c22-20-14-12-19(13-15-20)21(18-9-5-2-6-10-18)16-11-17-7-3-1-4-8-17/h1-16,21H/b16-11+/t21-/m0/s1. The highest BCUT2D eigenvalue weighted by molar-refractivity contribution is 6.30. The second kappa shape index (κ2) is 7.11. The SMILES string of the molecule is Clc1ccc([C@@H](/C=C/c2ccccc2)c2ccccc2)cc1. The molecule has 0 saturated carbocycles. The fourth-order valence-corrected chi connectivity index (χ4v) is 2.64. The monoisotopic (exact) mass is 304 g/mol. The topological polar surface area (TPSA) is 0 Å². The molecule has 3 aromatic rings. The van der Waals surface area contributed by atoms with E-state index >= 15 is 0 Å². The number of benzene rings is 3. The van der Waals surface area contributed by atoms with Crippen LogP contribution >= 0.6 is 11.6 Å². The van der Waals surface area contributed by atoms with Crippen molar-refractivity contribution in [1.82, 2.24) is 0 Å². The summed E-state index contributed by atoms with van der Waals surface area (Å²) in [5.41, 5.74) is 3.72. The molecule has 0 spiro atoms. The second-order valence-electron chi connectivity index (χ2n) is 5.21. The molecule has 0 N–H and O–H groups in total. The molecule has 0 aliphatic rings. The Hall–Kier alpha value is -2.31. The third-order valence-electron chi connectivity index (χ3n) is 3.67. The molecule has 0 aliphatic carbocycles. The van der Waals surface area contributed by atoms with Crippen LogP contribution in [0, 0.1) is 0 Å². The molecular formula is C21H17Cl. The second-order valence-corrected chi connectivity index (χ2v) is 5.65. The van der Waals surface area contributed by atoms with Gasteiger partial charge in [0.05, 0.1) is 0 Å². The highest BCUT2D eigenvalue weighted by Crippen LogP contribution is 2.27. The fraction of sp³-hybridized carbons (Fsp3) is 0.0476. The molecule has 3 rings (SSSR count). The van der Waals surface area contributed by atoms with E-state index in [1.165, 1.54) is 16.7 Å². The van der Waals surface area contributed by atoms with Crippen molar-refractivity contribution in [1.29, 1.82) is 0 Å². The van der Waals surface area contributed by atoms with Crippen molar-refractivity contribution < 1.29 is 0 Å². The van der Waals surface area contributed by atoms with Gasteiger partial charge in [0.1, 0.15) is 0 Å². The molecular weight excluding hydrogens is 288 g/mol. The van der Waals surface area contributed by atoms with Gasteiger partial charge in [0.25, 0.3) is 0 Å². The van der Waals surface area contributed by atoms with E-state index in [1.807, 2.05) is 24.3 Å². The summed E-state index contributed by atoms with van der Waals surface area (Å²) in [5, 5.41) is 0.766. The quantitative estimate of drug-likeness (QED) is 0.539. The van der Waals surface area contributed by atoms with Gasteiger partial charge in [-0.15, -0.1) is 0 Å². The highest BCUT2D eigenvalue weighted by Gasteiger charge is 2.10. The molecule has 1 atom stereocenters. The van der Waals surface area contributed by atoms with E-state index in [4.69, 9.17) is 11.6 Å². The first kappa shape index (κ1) is 14.6. The van der Waals surface area contributed by atoms with Crippen LogP contribution in [0.1, 0.15) is 22.6 Å². The number of allylic oxidation sites excluding steroid dienone is 1. The largest absolute Gasteiger partial charge is 0.0843 e. The van der Waals surface area contributed by atoms with E-state index in [1.54, 1.807) is 0 Å². The first-order valence-corrected chi connectivity index (χ1v) is 7.74. The number of hydrogen-bond donors (Lipinski definition) is 0. The molecule has 0 unspecified atom stereocenters. The molecule has 0 saturated heterocycles. The minimum Gasteiger partial charge on any atom is -0.0843 e. The van der Waals surface area contributed by atoms with Crippen molar-refractivity contribution in [3.8, 4) is 0 Å². The Labute approximate surface area is 136 Å². The molecule has 0 aromatic heterocycles. The summed E-state index contributed by atoms with van der Waals surface area (Å²) in [6, 6.07) is 29.0. The number of hydrogen-bond acceptors (Lipinski definition) is 0. The average molecular weight is 305 g/mol. The van der Waals surface area contributed by atoms with Gasteiger partial charge in [-0.25, -0.2) is 0 Å². The zero-order valence-corrected chi connectivity index (χ0v) is 12.9. The maximum Gasteiger partial charge on any atom is 0.0406 e. The molecule has 0 amide bonds. The van der Waals surface area contributed by atoms with Crippen LogP contribution in [0.25, 0.3) is 6.08 Å². The summed E-state index contributed by atoms with van der Waals surface area (Å²) in [4.78, 5) is 0. The molecule has 0 aliphatic heterocycles. The molecule has 0 bridgehead atoms. The predicted molar refractivity (Wildman–Crippen MR) is 95.2 cm³/mol. The Balaban J connectivity index is 1.96. The lowest BCUT2D eigenvalue weighted by molar-refractivity contribution is 1.03. The maximum atomic E-state index is 6.02. The summed E-state index contributed by atoms with van der Waals surface area (Å²) in [5.74, 6) is 0.221. The van der Waals surface area contributed by atoms with Crippen LogP contribution in [0.5, 0.6) is 0 Å². The minimum absolute atomic E-state index is 0.221. The van der Waals surface area contributed by atoms with Crippen molar-refractivity contribution in [2.45, 2.75) is 5.92 Å². The van der Waals surface area contributed by atoms with Crippen molar-refractivity contribution in [2.24, 2.45) is 0 Å². The Kier molecular flexibility index (Phi) is 4.72. The van der Waals surface area contributed by atoms with Crippen molar-refractivity contribution in [2.75, 3.05) is 0 Å². The number of halogens is 1. The van der Waals surface area contributed by atoms with Crippen LogP contribution in [0.15, 0.2) is 91.0 Å². The van der Waals surface area contributed by atoms with Gasteiger partial charge in [-0.3, -0.25) is 0 Å². The normalized spacial score (nSPS) is 12.4. The van der Waals surface area contributed by atoms with E-state index in [2.05, 4.69) is 72.8 Å². The van der Waals surface area contributed by atoms with E-state index in [0.29, 0.717) is 0 Å². The van der Waals surface area contributed by atoms with Gasteiger partial charge in [-0.1, -0.05) is 96.5 Å². The third kappa shape index (κ3) is 3.66. The lowest BCUT2D eigenvalue weighted by Crippen LogP contribution is -1.97. The van der Waals surface area contributed by atoms with Crippen LogP contribution in [-0.4, -0.2) is 0 Å². The summed E-state index contributed by atoms with van der Waals surface area (Å²) < 4.78 is 0. The Morgan fingerprint density at radius 1 is 0.636 bits per heavy atom. The van der Waals surface area contributed by atoms with Crippen LogP contribution in [0.4, 0.5) is 0 Å². The summed E-state index contributed by atoms with van der Waals surface area (Å²) in [7, 11) is 0. The summed E-state index contributed by atoms with van der Waals surface area (Å²) >= 11 is 6.02. The van der Waals surface area contributed by atoms with Crippen LogP contribution in [0.2, 0.25) is 5.02 Å². The molecule has 0 radical (unpaired) electrons. The van der Waals surface area contributed by atoms with E-state index in [9.17, 15) is 0 Å². The lowest BCUT2D eigenvalue weighted by Gasteiger charge is -2.14. The Bertz CT molecular complexity index is 728. The molecule has 108 valence electrons. The van der Waals surface area contributed by atoms with Crippen LogP contribution in [-0.2, 0) is 0 Å². The Morgan fingerprint density at radius 3 is 1.82 bits per heavy atom. The van der Waals surface area contributed by atoms with Gasteiger partial charge in [-0.2, -0.15) is 0 Å². The minimum atomic E-state index is 0.221. The van der Waals surface area contributed by atoms with Gasteiger partial charge in [0.15, 0.2) is 0 Å². The average Bonchev–Trinajstić information content (AvgIpc) is 2.58. The fourth-order valence-electron chi connectivity index (χ4n) is 2.52.